The molecule has 2 aromatic heterocycles. The van der Waals surface area contributed by atoms with Crippen LogP contribution in [0, 0.1) is 0 Å². The van der Waals surface area contributed by atoms with E-state index in [0.29, 0.717) is 57.5 Å². The van der Waals surface area contributed by atoms with Crippen molar-refractivity contribution < 1.29 is 38.7 Å². The Balaban J connectivity index is 0.993. The molecule has 0 saturated carbocycles. The van der Waals surface area contributed by atoms with E-state index in [4.69, 9.17) is 18.9 Å². The third-order valence-electron chi connectivity index (χ3n) is 7.55. The van der Waals surface area contributed by atoms with E-state index in [9.17, 15) is 19.8 Å². The summed E-state index contributed by atoms with van der Waals surface area (Å²) in [5.74, 6) is -0.421. The zero-order chi connectivity index (χ0) is 33.6. The molecule has 0 saturated heterocycles. The number of fused-ring (bicyclic) bond motifs is 2. The molecule has 0 bridgehead atoms. The van der Waals surface area contributed by atoms with Gasteiger partial charge in [0.25, 0.3) is 0 Å². The van der Waals surface area contributed by atoms with E-state index >= 15 is 0 Å². The topological polar surface area (TPSA) is 173 Å². The number of methoxy groups -OCH3 is 2. The minimum Gasteiger partial charge on any atom is -0.505 e. The predicted octanol–water partition coefficient (Wildman–Crippen LogP) is 4.93. The highest BCUT2D eigenvalue weighted by Crippen LogP contribution is 2.33. The van der Waals surface area contributed by atoms with Gasteiger partial charge in [0.05, 0.1) is 14.2 Å². The number of phenolic OH excluding ortho intramolecular Hbond substituents is 2. The van der Waals surface area contributed by atoms with Crippen molar-refractivity contribution in [3.05, 3.63) is 83.9 Å². The van der Waals surface area contributed by atoms with Crippen molar-refractivity contribution in [3.63, 3.8) is 0 Å². The molecule has 0 unspecified atom stereocenters. The molecule has 0 fully saturated rings. The van der Waals surface area contributed by atoms with Gasteiger partial charge in [-0.3, -0.25) is 9.59 Å². The van der Waals surface area contributed by atoms with Crippen LogP contribution < -0.4 is 9.47 Å². The summed E-state index contributed by atoms with van der Waals surface area (Å²) in [7, 11) is 2.97. The van der Waals surface area contributed by atoms with Gasteiger partial charge < -0.3 is 29.2 Å². The average Bonchev–Trinajstić information content (AvgIpc) is 3.74. The minimum absolute atomic E-state index is 0.0578. The smallest absolute Gasteiger partial charge is 0.306 e. The Morgan fingerprint density at radius 3 is 1.29 bits per heavy atom. The molecular weight excluding hydrogens is 620 g/mol. The van der Waals surface area contributed by atoms with Crippen LogP contribution in [-0.4, -0.2) is 66.4 Å². The maximum Gasteiger partial charge on any atom is 0.306 e. The number of aromatic hydroxyl groups is 2. The lowest BCUT2D eigenvalue weighted by Gasteiger charge is -2.13. The number of nitrogens with zero attached hydrogens (tertiary/aromatic N) is 6. The number of aromatic nitrogens is 6. The molecule has 4 aromatic carbocycles. The van der Waals surface area contributed by atoms with Crippen LogP contribution in [0.5, 0.6) is 23.0 Å². The highest BCUT2D eigenvalue weighted by atomic mass is 16.5. The molecule has 2 N–H and O–H groups in total. The molecule has 14 nitrogen and oxygen atoms in total. The third-order valence-corrected chi connectivity index (χ3v) is 7.55. The fraction of sp³-hybridized carbons (Fsp3) is 0.235. The van der Waals surface area contributed by atoms with Crippen LogP contribution in [0.15, 0.2) is 72.8 Å². The molecule has 0 amide bonds. The minimum atomic E-state index is -0.496. The van der Waals surface area contributed by atoms with Gasteiger partial charge in [0.2, 0.25) is 0 Å². The number of rotatable bonds is 13. The van der Waals surface area contributed by atoms with Crippen molar-refractivity contribution in [2.75, 3.05) is 14.2 Å². The van der Waals surface area contributed by atoms with Crippen molar-refractivity contribution in [1.82, 2.24) is 30.0 Å². The van der Waals surface area contributed by atoms with Crippen LogP contribution in [0.1, 0.15) is 36.8 Å². The van der Waals surface area contributed by atoms with E-state index in [-0.39, 0.29) is 48.9 Å². The first kappa shape index (κ1) is 31.8. The molecule has 6 aromatic rings. The first-order valence-electron chi connectivity index (χ1n) is 15.1. The molecule has 0 radical (unpaired) electrons. The normalized spacial score (nSPS) is 11.1. The Hall–Kier alpha value is -6.18. The zero-order valence-electron chi connectivity index (χ0n) is 26.2. The van der Waals surface area contributed by atoms with Crippen LogP contribution in [0.2, 0.25) is 0 Å². The van der Waals surface area contributed by atoms with Gasteiger partial charge in [0.1, 0.15) is 69.7 Å². The lowest BCUT2D eigenvalue weighted by Crippen LogP contribution is -2.08. The number of carbonyl (C=O) groups excluding carboxylic acids is 2. The van der Waals surface area contributed by atoms with Crippen LogP contribution in [0.25, 0.3) is 33.4 Å². The number of benzene rings is 4. The Labute approximate surface area is 274 Å². The zero-order valence-corrected chi connectivity index (χ0v) is 26.2. The van der Waals surface area contributed by atoms with Crippen molar-refractivity contribution in [2.24, 2.45) is 0 Å². The fourth-order valence-electron chi connectivity index (χ4n) is 4.99. The monoisotopic (exact) mass is 652 g/mol. The lowest BCUT2D eigenvalue weighted by molar-refractivity contribution is -0.147. The lowest BCUT2D eigenvalue weighted by atomic mass is 10.1. The summed E-state index contributed by atoms with van der Waals surface area (Å²) in [4.78, 5) is 27.6. The van der Waals surface area contributed by atoms with Gasteiger partial charge in [-0.1, -0.05) is 24.3 Å². The van der Waals surface area contributed by atoms with Gasteiger partial charge >= 0.3 is 11.9 Å². The Morgan fingerprint density at radius 1 is 0.604 bits per heavy atom. The van der Waals surface area contributed by atoms with Crippen molar-refractivity contribution in [1.29, 1.82) is 0 Å². The van der Waals surface area contributed by atoms with Gasteiger partial charge in [-0.05, 0) is 49.2 Å². The number of unbranched alkanes of at least 4 members (excludes halogenated alkanes) is 1. The van der Waals surface area contributed by atoms with Crippen molar-refractivity contribution >= 4 is 34.0 Å². The summed E-state index contributed by atoms with van der Waals surface area (Å²) in [5, 5.41) is 39.5. The Bertz CT molecular complexity index is 1890. The number of esters is 2. The summed E-state index contributed by atoms with van der Waals surface area (Å²) < 4.78 is 21.5. The van der Waals surface area contributed by atoms with Gasteiger partial charge in [0.15, 0.2) is 0 Å². The predicted molar refractivity (Wildman–Crippen MR) is 172 cm³/mol. The quantitative estimate of drug-likeness (QED) is 0.127. The molecule has 0 atom stereocenters. The van der Waals surface area contributed by atoms with Crippen LogP contribution in [-0.2, 0) is 32.3 Å². The standard InChI is InChI=1S/C34H32N6O8/c1-45-23-15-21(33(43)29(17-23)39-35-25-9-3-4-10-26(25)36-39)19-47-31(41)13-7-8-14-32(42)48-20-22-16-24(46-2)18-30(34(22)44)40-37-27-11-5-6-12-28(27)38-40/h3-6,9-12,15-18,43-44H,7-8,13-14,19-20H2,1-2H3. The highest BCUT2D eigenvalue weighted by Gasteiger charge is 2.18. The third kappa shape index (κ3) is 6.97. The average molecular weight is 653 g/mol. The van der Waals surface area contributed by atoms with E-state index in [1.54, 1.807) is 24.3 Å². The van der Waals surface area contributed by atoms with E-state index in [1.165, 1.54) is 23.8 Å². The summed E-state index contributed by atoms with van der Waals surface area (Å²) in [6.45, 7) is -0.401. The number of carbonyl (C=O) groups is 2. The maximum atomic E-state index is 12.5. The Morgan fingerprint density at radius 2 is 0.958 bits per heavy atom. The molecule has 0 spiro atoms. The largest absolute Gasteiger partial charge is 0.505 e. The first-order valence-corrected chi connectivity index (χ1v) is 15.1. The molecule has 6 rings (SSSR count). The van der Waals surface area contributed by atoms with Crippen LogP contribution in [0.3, 0.4) is 0 Å². The molecule has 0 aliphatic heterocycles. The van der Waals surface area contributed by atoms with Gasteiger partial charge in [-0.25, -0.2) is 0 Å². The second-order valence-electron chi connectivity index (χ2n) is 10.8. The fourth-order valence-corrected chi connectivity index (χ4v) is 4.99. The van der Waals surface area contributed by atoms with E-state index in [0.717, 1.165) is 0 Å². The second-order valence-corrected chi connectivity index (χ2v) is 10.8. The SMILES string of the molecule is COc1cc(COC(=O)CCCCC(=O)OCc2cc(OC)cc(-n3nc4ccccc4n3)c2O)c(O)c(-n2nc3ccccc3n2)c1. The molecule has 2 heterocycles. The summed E-state index contributed by atoms with van der Waals surface area (Å²) in [6.07, 6.45) is 0.866. The van der Waals surface area contributed by atoms with Crippen molar-refractivity contribution in [2.45, 2.75) is 38.9 Å². The molecular formula is C34H32N6O8. The summed E-state index contributed by atoms with van der Waals surface area (Å²) >= 11 is 0. The van der Waals surface area contributed by atoms with E-state index in [1.807, 2.05) is 48.5 Å². The van der Waals surface area contributed by atoms with Gasteiger partial charge in [-0.2, -0.15) is 0 Å². The molecule has 14 heteroatoms. The van der Waals surface area contributed by atoms with Crippen LogP contribution in [0.4, 0.5) is 0 Å². The second kappa shape index (κ2) is 14.1. The number of phenols is 2. The van der Waals surface area contributed by atoms with Gasteiger partial charge in [0, 0.05) is 36.1 Å². The van der Waals surface area contributed by atoms with E-state index < -0.39 is 11.9 Å². The van der Waals surface area contributed by atoms with Crippen molar-refractivity contribution in [3.8, 4) is 34.4 Å². The Kier molecular flexibility index (Phi) is 9.32. The number of hydrogen-bond donors (Lipinski definition) is 2. The molecule has 246 valence electrons. The molecule has 0 aliphatic rings. The number of hydrogen-bond acceptors (Lipinski definition) is 12. The maximum absolute atomic E-state index is 12.5. The first-order chi connectivity index (χ1) is 23.3. The van der Waals surface area contributed by atoms with E-state index in [2.05, 4.69) is 20.4 Å². The van der Waals surface area contributed by atoms with Crippen LogP contribution >= 0.6 is 0 Å². The molecule has 48 heavy (non-hydrogen) atoms. The molecule has 0 aliphatic carbocycles. The summed E-state index contributed by atoms with van der Waals surface area (Å²) in [6, 6.07) is 20.9. The van der Waals surface area contributed by atoms with Gasteiger partial charge in [-0.15, -0.1) is 30.0 Å². The highest BCUT2D eigenvalue weighted by molar-refractivity contribution is 5.75. The number of ether oxygens (including phenoxy) is 4. The summed E-state index contributed by atoms with van der Waals surface area (Å²) in [5.41, 5.74) is 3.82.